The van der Waals surface area contributed by atoms with Crippen LogP contribution >= 0.6 is 11.6 Å². The van der Waals surface area contributed by atoms with E-state index in [0.29, 0.717) is 5.75 Å². The molecule has 2 aromatic rings. The van der Waals surface area contributed by atoms with E-state index in [4.69, 9.17) is 16.3 Å². The van der Waals surface area contributed by atoms with Gasteiger partial charge in [-0.2, -0.15) is 13.2 Å². The third-order valence-corrected chi connectivity index (χ3v) is 3.55. The summed E-state index contributed by atoms with van der Waals surface area (Å²) in [5, 5.41) is 2.15. The molecule has 0 heterocycles. The highest BCUT2D eigenvalue weighted by atomic mass is 35.5. The van der Waals surface area contributed by atoms with Gasteiger partial charge in [0.25, 0.3) is 5.91 Å². The molecule has 0 aliphatic rings. The van der Waals surface area contributed by atoms with Gasteiger partial charge in [-0.05, 0) is 43.2 Å². The van der Waals surface area contributed by atoms with Crippen LogP contribution in [0.15, 0.2) is 36.4 Å². The van der Waals surface area contributed by atoms with E-state index in [1.165, 1.54) is 6.07 Å². The molecule has 1 N–H and O–H groups in total. The predicted octanol–water partition coefficient (Wildman–Crippen LogP) is 4.99. The number of para-hydroxylation sites is 1. The fourth-order valence-electron chi connectivity index (χ4n) is 2.21. The minimum Gasteiger partial charge on any atom is -0.483 e. The second kappa shape index (κ2) is 7.13. The minimum absolute atomic E-state index is 0.0629. The van der Waals surface area contributed by atoms with E-state index in [1.54, 1.807) is 0 Å². The number of amides is 1. The maximum absolute atomic E-state index is 13.0. The second-order valence-corrected chi connectivity index (χ2v) is 5.68. The van der Waals surface area contributed by atoms with Gasteiger partial charge in [0.05, 0.1) is 11.3 Å². The lowest BCUT2D eigenvalue weighted by atomic mass is 10.1. The topological polar surface area (TPSA) is 38.3 Å². The van der Waals surface area contributed by atoms with Gasteiger partial charge in [-0.3, -0.25) is 4.79 Å². The molecule has 0 aromatic heterocycles. The molecule has 128 valence electrons. The highest BCUT2D eigenvalue weighted by Gasteiger charge is 2.34. The van der Waals surface area contributed by atoms with E-state index < -0.39 is 24.3 Å². The number of carbonyl (C=O) groups excluding carboxylic acids is 1. The summed E-state index contributed by atoms with van der Waals surface area (Å²) < 4.78 is 44.4. The van der Waals surface area contributed by atoms with Crippen molar-refractivity contribution in [1.82, 2.24) is 0 Å². The average Bonchev–Trinajstić information content (AvgIpc) is 2.47. The summed E-state index contributed by atoms with van der Waals surface area (Å²) in [6.45, 7) is 3.24. The Morgan fingerprint density at radius 2 is 1.79 bits per heavy atom. The summed E-state index contributed by atoms with van der Waals surface area (Å²) in [6.07, 6.45) is -4.62. The van der Waals surface area contributed by atoms with Gasteiger partial charge in [-0.25, -0.2) is 0 Å². The number of carbonyl (C=O) groups is 1. The van der Waals surface area contributed by atoms with Crippen molar-refractivity contribution in [2.45, 2.75) is 20.0 Å². The molecule has 0 unspecified atom stereocenters. The Morgan fingerprint density at radius 1 is 1.17 bits per heavy atom. The van der Waals surface area contributed by atoms with Gasteiger partial charge in [0.2, 0.25) is 0 Å². The molecule has 24 heavy (non-hydrogen) atoms. The van der Waals surface area contributed by atoms with Crippen LogP contribution in [0.25, 0.3) is 0 Å². The van der Waals surface area contributed by atoms with Crippen molar-refractivity contribution in [3.8, 4) is 5.75 Å². The molecule has 0 spiro atoms. The molecule has 0 radical (unpaired) electrons. The van der Waals surface area contributed by atoms with E-state index in [1.807, 2.05) is 32.0 Å². The molecule has 0 aliphatic carbocycles. The molecule has 3 nitrogen and oxygen atoms in total. The number of rotatable bonds is 4. The lowest BCUT2D eigenvalue weighted by molar-refractivity contribution is -0.137. The van der Waals surface area contributed by atoms with Gasteiger partial charge < -0.3 is 10.1 Å². The number of nitrogens with one attached hydrogen (secondary N) is 1. The number of anilines is 1. The van der Waals surface area contributed by atoms with Crippen LogP contribution in [0.2, 0.25) is 5.02 Å². The summed E-state index contributed by atoms with van der Waals surface area (Å²) in [5.41, 5.74) is 0.313. The van der Waals surface area contributed by atoms with Gasteiger partial charge in [-0.1, -0.05) is 29.8 Å². The Bertz CT molecular complexity index is 740. The van der Waals surface area contributed by atoms with Crippen molar-refractivity contribution < 1.29 is 22.7 Å². The molecule has 2 rings (SSSR count). The van der Waals surface area contributed by atoms with Gasteiger partial charge in [0.1, 0.15) is 5.75 Å². The van der Waals surface area contributed by atoms with Crippen molar-refractivity contribution in [2.24, 2.45) is 0 Å². The predicted molar refractivity (Wildman–Crippen MR) is 86.5 cm³/mol. The fraction of sp³-hybridized carbons (Fsp3) is 0.235. The summed E-state index contributed by atoms with van der Waals surface area (Å²) in [5.74, 6) is -0.148. The standard InChI is InChI=1S/C17H15ClF3NO2/c1-10-4-3-5-11(2)16(10)24-9-15(23)22-14-7-6-12(18)8-13(14)17(19,20)21/h3-8H,9H2,1-2H3,(H,22,23). The zero-order chi connectivity index (χ0) is 17.9. The first-order valence-electron chi connectivity index (χ1n) is 7.04. The van der Waals surface area contributed by atoms with Crippen molar-refractivity contribution in [3.63, 3.8) is 0 Å². The van der Waals surface area contributed by atoms with Crippen LogP contribution in [-0.4, -0.2) is 12.5 Å². The molecular formula is C17H15ClF3NO2. The Labute approximate surface area is 142 Å². The minimum atomic E-state index is -4.62. The summed E-state index contributed by atoms with van der Waals surface area (Å²) in [4.78, 5) is 11.9. The van der Waals surface area contributed by atoms with Crippen LogP contribution in [0.4, 0.5) is 18.9 Å². The van der Waals surface area contributed by atoms with Crippen LogP contribution in [0.5, 0.6) is 5.75 Å². The molecule has 0 saturated heterocycles. The molecule has 1 amide bonds. The number of hydrogen-bond acceptors (Lipinski definition) is 2. The fourth-order valence-corrected chi connectivity index (χ4v) is 2.38. The SMILES string of the molecule is Cc1cccc(C)c1OCC(=O)Nc1ccc(Cl)cc1C(F)(F)F. The molecule has 0 saturated carbocycles. The van der Waals surface area contributed by atoms with Crippen LogP contribution in [-0.2, 0) is 11.0 Å². The van der Waals surface area contributed by atoms with Gasteiger partial charge in [0, 0.05) is 5.02 Å². The Hall–Kier alpha value is -2.21. The van der Waals surface area contributed by atoms with Gasteiger partial charge >= 0.3 is 6.18 Å². The molecule has 0 bridgehead atoms. The summed E-state index contributed by atoms with van der Waals surface area (Å²) in [6, 6.07) is 8.65. The zero-order valence-electron chi connectivity index (χ0n) is 13.0. The molecule has 0 aliphatic heterocycles. The molecular weight excluding hydrogens is 343 g/mol. The Balaban J connectivity index is 2.11. The van der Waals surface area contributed by atoms with E-state index in [0.717, 1.165) is 23.3 Å². The quantitative estimate of drug-likeness (QED) is 0.836. The van der Waals surface area contributed by atoms with Crippen LogP contribution in [0.3, 0.4) is 0 Å². The maximum atomic E-state index is 13.0. The number of halogens is 4. The average molecular weight is 358 g/mol. The molecule has 0 atom stereocenters. The van der Waals surface area contributed by atoms with Crippen molar-refractivity contribution in [2.75, 3.05) is 11.9 Å². The van der Waals surface area contributed by atoms with E-state index in [2.05, 4.69) is 5.32 Å². The van der Waals surface area contributed by atoms with Gasteiger partial charge in [-0.15, -0.1) is 0 Å². The maximum Gasteiger partial charge on any atom is 0.418 e. The highest BCUT2D eigenvalue weighted by Crippen LogP contribution is 2.36. The highest BCUT2D eigenvalue weighted by molar-refractivity contribution is 6.30. The smallest absolute Gasteiger partial charge is 0.418 e. The summed E-state index contributed by atoms with van der Waals surface area (Å²) in [7, 11) is 0. The first-order chi connectivity index (χ1) is 11.2. The first kappa shape index (κ1) is 18.1. The molecule has 7 heteroatoms. The normalized spacial score (nSPS) is 11.2. The number of ether oxygens (including phenoxy) is 1. The van der Waals surface area contributed by atoms with Crippen molar-refractivity contribution >= 4 is 23.2 Å². The second-order valence-electron chi connectivity index (χ2n) is 5.25. The monoisotopic (exact) mass is 357 g/mol. The zero-order valence-corrected chi connectivity index (χ0v) is 13.8. The summed E-state index contributed by atoms with van der Waals surface area (Å²) >= 11 is 5.60. The van der Waals surface area contributed by atoms with E-state index in [-0.39, 0.29) is 10.7 Å². The number of benzene rings is 2. The number of hydrogen-bond donors (Lipinski definition) is 1. The lowest BCUT2D eigenvalue weighted by Gasteiger charge is -2.15. The first-order valence-corrected chi connectivity index (χ1v) is 7.42. The van der Waals surface area contributed by atoms with Crippen molar-refractivity contribution in [1.29, 1.82) is 0 Å². The van der Waals surface area contributed by atoms with Crippen LogP contribution in [0.1, 0.15) is 16.7 Å². The van der Waals surface area contributed by atoms with E-state index >= 15 is 0 Å². The molecule has 0 fully saturated rings. The largest absolute Gasteiger partial charge is 0.483 e. The lowest BCUT2D eigenvalue weighted by Crippen LogP contribution is -2.22. The van der Waals surface area contributed by atoms with Gasteiger partial charge in [0.15, 0.2) is 6.61 Å². The number of alkyl halides is 3. The Morgan fingerprint density at radius 3 is 2.38 bits per heavy atom. The van der Waals surface area contributed by atoms with Crippen LogP contribution in [0, 0.1) is 13.8 Å². The number of aryl methyl sites for hydroxylation is 2. The van der Waals surface area contributed by atoms with Crippen molar-refractivity contribution in [3.05, 3.63) is 58.1 Å². The van der Waals surface area contributed by atoms with Crippen LogP contribution < -0.4 is 10.1 Å². The molecule has 2 aromatic carbocycles. The third kappa shape index (κ3) is 4.41. The Kier molecular flexibility index (Phi) is 5.39. The third-order valence-electron chi connectivity index (χ3n) is 3.32. The van der Waals surface area contributed by atoms with E-state index in [9.17, 15) is 18.0 Å².